The zero-order chi connectivity index (χ0) is 14.2. The van der Waals surface area contributed by atoms with E-state index in [1.54, 1.807) is 11.3 Å². The number of pyridine rings is 2. The molecule has 21 heavy (non-hydrogen) atoms. The smallest absolute Gasteiger partial charge is 0.0900 e. The van der Waals surface area contributed by atoms with Crippen LogP contribution in [-0.2, 0) is 0 Å². The zero-order valence-electron chi connectivity index (χ0n) is 11.6. The molecule has 2 N–H and O–H groups in total. The summed E-state index contributed by atoms with van der Waals surface area (Å²) in [5, 5.41) is 7.65. The molecule has 1 aliphatic heterocycles. The second kappa shape index (κ2) is 4.86. The molecule has 0 radical (unpaired) electrons. The van der Waals surface area contributed by atoms with E-state index < -0.39 is 0 Å². The summed E-state index contributed by atoms with van der Waals surface area (Å²) in [5.41, 5.74) is 4.00. The molecule has 0 aliphatic carbocycles. The highest BCUT2D eigenvalue weighted by molar-refractivity contribution is 7.20. The van der Waals surface area contributed by atoms with Gasteiger partial charge in [-0.3, -0.25) is 9.97 Å². The van der Waals surface area contributed by atoms with E-state index >= 15 is 0 Å². The highest BCUT2D eigenvalue weighted by atomic mass is 32.1. The summed E-state index contributed by atoms with van der Waals surface area (Å²) < 4.78 is 1.23. The molecular weight excluding hydrogens is 280 g/mol. The van der Waals surface area contributed by atoms with E-state index in [0.29, 0.717) is 0 Å². The Balaban J connectivity index is 1.79. The maximum Gasteiger partial charge on any atom is 0.0900 e. The molecule has 4 rings (SSSR count). The third kappa shape index (κ3) is 2.25. The van der Waals surface area contributed by atoms with Crippen LogP contribution in [0.5, 0.6) is 0 Å². The van der Waals surface area contributed by atoms with Crippen molar-refractivity contribution >= 4 is 27.1 Å². The molecular formula is C16H14N4S. The van der Waals surface area contributed by atoms with Crippen molar-refractivity contribution in [2.45, 2.75) is 6.92 Å². The lowest BCUT2D eigenvalue weighted by Crippen LogP contribution is -2.13. The predicted octanol–water partition coefficient (Wildman–Crippen LogP) is 3.12. The van der Waals surface area contributed by atoms with Gasteiger partial charge in [0.15, 0.2) is 0 Å². The molecule has 0 saturated heterocycles. The van der Waals surface area contributed by atoms with Gasteiger partial charge >= 0.3 is 0 Å². The van der Waals surface area contributed by atoms with Gasteiger partial charge < -0.3 is 10.6 Å². The first-order valence-corrected chi connectivity index (χ1v) is 7.63. The molecule has 0 bridgehead atoms. The zero-order valence-corrected chi connectivity index (χ0v) is 12.4. The number of fused-ring (bicyclic) bond motifs is 1. The van der Waals surface area contributed by atoms with Crippen LogP contribution in [0.15, 0.2) is 42.7 Å². The van der Waals surface area contributed by atoms with Crippen molar-refractivity contribution in [3.63, 3.8) is 0 Å². The standard InChI is InChI=1S/C16H14N4S/c1-10-3-2-4-12(20-10)13-6-15-11(7-18-13)5-16(21-15)14-8-17-9-19-14/h2-8,17,19H,9H2,1H3. The van der Waals surface area contributed by atoms with Crippen LogP contribution in [0.25, 0.3) is 27.2 Å². The normalized spacial score (nSPS) is 13.9. The molecule has 0 atom stereocenters. The van der Waals surface area contributed by atoms with E-state index in [9.17, 15) is 0 Å². The lowest BCUT2D eigenvalue weighted by Gasteiger charge is -2.00. The number of thiophene rings is 1. The molecule has 0 saturated carbocycles. The summed E-state index contributed by atoms with van der Waals surface area (Å²) in [4.78, 5) is 10.3. The topological polar surface area (TPSA) is 49.8 Å². The van der Waals surface area contributed by atoms with Gasteiger partial charge in [0, 0.05) is 28.2 Å². The molecule has 3 aromatic rings. The first-order chi connectivity index (χ1) is 10.3. The molecule has 0 amide bonds. The van der Waals surface area contributed by atoms with E-state index in [2.05, 4.69) is 32.7 Å². The molecule has 3 aromatic heterocycles. The van der Waals surface area contributed by atoms with Gasteiger partial charge in [-0.25, -0.2) is 0 Å². The summed E-state index contributed by atoms with van der Waals surface area (Å²) in [6, 6.07) is 10.3. The monoisotopic (exact) mass is 294 g/mol. The fourth-order valence-electron chi connectivity index (χ4n) is 2.40. The average Bonchev–Trinajstić information content (AvgIpc) is 3.15. The van der Waals surface area contributed by atoms with Crippen LogP contribution < -0.4 is 10.6 Å². The van der Waals surface area contributed by atoms with Crippen LogP contribution in [0.4, 0.5) is 0 Å². The Morgan fingerprint density at radius 3 is 2.95 bits per heavy atom. The van der Waals surface area contributed by atoms with Crippen LogP contribution >= 0.6 is 11.3 Å². The quantitative estimate of drug-likeness (QED) is 0.762. The van der Waals surface area contributed by atoms with Crippen LogP contribution in [-0.4, -0.2) is 16.6 Å². The van der Waals surface area contributed by atoms with E-state index in [1.807, 2.05) is 37.5 Å². The Bertz CT molecular complexity index is 850. The second-order valence-electron chi connectivity index (χ2n) is 5.00. The molecule has 5 heteroatoms. The molecule has 0 spiro atoms. The van der Waals surface area contributed by atoms with Crippen molar-refractivity contribution in [3.8, 4) is 11.4 Å². The minimum absolute atomic E-state index is 0.792. The molecule has 0 aromatic carbocycles. The average molecular weight is 294 g/mol. The van der Waals surface area contributed by atoms with Gasteiger partial charge in [0.1, 0.15) is 0 Å². The van der Waals surface area contributed by atoms with Gasteiger partial charge in [-0.2, -0.15) is 0 Å². The maximum absolute atomic E-state index is 4.55. The third-order valence-electron chi connectivity index (χ3n) is 3.45. The first-order valence-electron chi connectivity index (χ1n) is 6.81. The van der Waals surface area contributed by atoms with Gasteiger partial charge in [-0.15, -0.1) is 11.3 Å². The van der Waals surface area contributed by atoms with E-state index in [0.717, 1.165) is 29.4 Å². The molecule has 4 heterocycles. The number of nitrogens with one attached hydrogen (secondary N) is 2. The summed E-state index contributed by atoms with van der Waals surface area (Å²) in [7, 11) is 0. The van der Waals surface area contributed by atoms with E-state index in [-0.39, 0.29) is 0 Å². The van der Waals surface area contributed by atoms with Crippen LogP contribution in [0.3, 0.4) is 0 Å². The van der Waals surface area contributed by atoms with E-state index in [1.165, 1.54) is 15.0 Å². The van der Waals surface area contributed by atoms with Gasteiger partial charge in [0.05, 0.1) is 28.6 Å². The van der Waals surface area contributed by atoms with Gasteiger partial charge in [-0.05, 0) is 31.2 Å². The lowest BCUT2D eigenvalue weighted by atomic mass is 10.2. The fraction of sp³-hybridized carbons (Fsp3) is 0.125. The molecule has 104 valence electrons. The van der Waals surface area contributed by atoms with Crippen molar-refractivity contribution in [1.82, 2.24) is 20.6 Å². The van der Waals surface area contributed by atoms with Gasteiger partial charge in [0.2, 0.25) is 0 Å². The number of rotatable bonds is 2. The number of aryl methyl sites for hydroxylation is 1. The number of aromatic nitrogens is 2. The lowest BCUT2D eigenvalue weighted by molar-refractivity contribution is 0.843. The highest BCUT2D eigenvalue weighted by Gasteiger charge is 2.11. The predicted molar refractivity (Wildman–Crippen MR) is 86.7 cm³/mol. The SMILES string of the molecule is Cc1cccc(-c2cc3sc(C4=CNCN4)cc3cn2)n1. The Morgan fingerprint density at radius 2 is 2.14 bits per heavy atom. The summed E-state index contributed by atoms with van der Waals surface area (Å²) in [6.07, 6.45) is 3.94. The highest BCUT2D eigenvalue weighted by Crippen LogP contribution is 2.31. The molecule has 4 nitrogen and oxygen atoms in total. The molecule has 1 aliphatic rings. The number of hydrogen-bond donors (Lipinski definition) is 2. The summed E-state index contributed by atoms with van der Waals surface area (Å²) >= 11 is 1.77. The number of nitrogens with zero attached hydrogens (tertiary/aromatic N) is 2. The second-order valence-corrected chi connectivity index (χ2v) is 6.08. The van der Waals surface area contributed by atoms with Crippen molar-refractivity contribution in [2.75, 3.05) is 6.67 Å². The molecule has 0 unspecified atom stereocenters. The van der Waals surface area contributed by atoms with Gasteiger partial charge in [0.25, 0.3) is 0 Å². The van der Waals surface area contributed by atoms with Crippen molar-refractivity contribution in [2.24, 2.45) is 0 Å². The third-order valence-corrected chi connectivity index (χ3v) is 4.58. The van der Waals surface area contributed by atoms with Crippen LogP contribution in [0.1, 0.15) is 10.6 Å². The number of hydrogen-bond acceptors (Lipinski definition) is 5. The fourth-order valence-corrected chi connectivity index (χ4v) is 3.46. The summed E-state index contributed by atoms with van der Waals surface area (Å²) in [5.74, 6) is 0. The Morgan fingerprint density at radius 1 is 1.19 bits per heavy atom. The van der Waals surface area contributed by atoms with Crippen LogP contribution in [0.2, 0.25) is 0 Å². The van der Waals surface area contributed by atoms with Crippen molar-refractivity contribution in [1.29, 1.82) is 0 Å². The van der Waals surface area contributed by atoms with Crippen LogP contribution in [0, 0.1) is 6.92 Å². The minimum atomic E-state index is 0.792. The maximum atomic E-state index is 4.55. The van der Waals surface area contributed by atoms with Crippen molar-refractivity contribution < 1.29 is 0 Å². The largest absolute Gasteiger partial charge is 0.372 e. The minimum Gasteiger partial charge on any atom is -0.372 e. The first kappa shape index (κ1) is 12.3. The Hall–Kier alpha value is -2.40. The Labute approximate surface area is 126 Å². The van der Waals surface area contributed by atoms with Gasteiger partial charge in [-0.1, -0.05) is 6.07 Å². The summed E-state index contributed by atoms with van der Waals surface area (Å²) in [6.45, 7) is 2.79. The van der Waals surface area contributed by atoms with Crippen molar-refractivity contribution in [3.05, 3.63) is 53.3 Å². The van der Waals surface area contributed by atoms with E-state index in [4.69, 9.17) is 0 Å². The Kier molecular flexibility index (Phi) is 2.86. The molecule has 0 fully saturated rings.